The third-order valence-corrected chi connectivity index (χ3v) is 6.69. The Balaban J connectivity index is 0.000000338. The van der Waals surface area contributed by atoms with Crippen LogP contribution < -0.4 is 16.0 Å². The Kier molecular flexibility index (Phi) is 9.00. The molecule has 2 aliphatic carbocycles. The topological polar surface area (TPSA) is 104 Å². The molecular weight excluding hydrogens is 468 g/mol. The van der Waals surface area contributed by atoms with Gasteiger partial charge in [0.25, 0.3) is 5.92 Å². The largest absolute Gasteiger partial charge is 0.377 e. The minimum absolute atomic E-state index is 0.141. The molecule has 0 saturated heterocycles. The molecule has 2 saturated carbocycles. The zero-order valence-corrected chi connectivity index (χ0v) is 21.2. The van der Waals surface area contributed by atoms with Gasteiger partial charge in [-0.05, 0) is 44.0 Å². The summed E-state index contributed by atoms with van der Waals surface area (Å²) in [6.45, 7) is 4.09. The third kappa shape index (κ3) is 6.79. The summed E-state index contributed by atoms with van der Waals surface area (Å²) < 4.78 is 27.5. The molecule has 0 radical (unpaired) electrons. The average Bonchev–Trinajstić information content (AvgIpc) is 3.42. The van der Waals surface area contributed by atoms with E-state index in [-0.39, 0.29) is 18.9 Å². The number of anilines is 2. The van der Waals surface area contributed by atoms with Gasteiger partial charge in [-0.2, -0.15) is 9.61 Å². The minimum atomic E-state index is -2.56. The number of amides is 1. The van der Waals surface area contributed by atoms with Crippen LogP contribution in [-0.2, 0) is 9.59 Å². The highest BCUT2D eigenvalue weighted by atomic mass is 19.3. The van der Waals surface area contributed by atoms with Crippen molar-refractivity contribution < 1.29 is 18.4 Å². The smallest absolute Gasteiger partial charge is 0.252 e. The molecule has 2 fully saturated rings. The Bertz CT molecular complexity index is 1110. The SMILES string of the molecule is CC1CCCC1NC=O.CNc1cc(N/C(C=O)=C/C=C\N(C)C2CC(F)(F)C2)nc2c(C)cnn12. The van der Waals surface area contributed by atoms with Crippen LogP contribution in [0, 0.1) is 12.8 Å². The van der Waals surface area contributed by atoms with Crippen molar-refractivity contribution in [2.75, 3.05) is 24.7 Å². The van der Waals surface area contributed by atoms with Crippen LogP contribution in [0.3, 0.4) is 0 Å². The Morgan fingerprint density at radius 1 is 1.28 bits per heavy atom. The molecular formula is C25H35F2N7O2. The van der Waals surface area contributed by atoms with Crippen LogP contribution in [0.25, 0.3) is 5.65 Å². The lowest BCUT2D eigenvalue weighted by Crippen LogP contribution is -2.47. The number of allylic oxidation sites excluding steroid dienone is 3. The number of hydrogen-bond donors (Lipinski definition) is 3. The highest BCUT2D eigenvalue weighted by Gasteiger charge is 2.46. The minimum Gasteiger partial charge on any atom is -0.377 e. The van der Waals surface area contributed by atoms with Gasteiger partial charge >= 0.3 is 0 Å². The lowest BCUT2D eigenvalue weighted by Gasteiger charge is -2.40. The molecule has 36 heavy (non-hydrogen) atoms. The number of hydrogen-bond acceptors (Lipinski definition) is 7. The number of aromatic nitrogens is 3. The molecule has 9 nitrogen and oxygen atoms in total. The van der Waals surface area contributed by atoms with Crippen LogP contribution in [0.4, 0.5) is 20.4 Å². The van der Waals surface area contributed by atoms with E-state index < -0.39 is 5.92 Å². The number of fused-ring (bicyclic) bond motifs is 1. The van der Waals surface area contributed by atoms with E-state index in [1.54, 1.807) is 54.1 Å². The van der Waals surface area contributed by atoms with Gasteiger partial charge in [-0.3, -0.25) is 9.59 Å². The molecule has 1 amide bonds. The molecule has 2 aromatic heterocycles. The van der Waals surface area contributed by atoms with Gasteiger partial charge < -0.3 is 20.9 Å². The summed E-state index contributed by atoms with van der Waals surface area (Å²) in [5.74, 6) is -0.648. The van der Waals surface area contributed by atoms with Gasteiger partial charge in [-0.1, -0.05) is 13.3 Å². The fourth-order valence-corrected chi connectivity index (χ4v) is 4.38. The summed E-state index contributed by atoms with van der Waals surface area (Å²) in [6, 6.07) is 2.02. The van der Waals surface area contributed by atoms with Crippen molar-refractivity contribution in [3.05, 3.63) is 41.9 Å². The fourth-order valence-electron chi connectivity index (χ4n) is 4.38. The number of aryl methyl sites for hydroxylation is 1. The van der Waals surface area contributed by atoms with Gasteiger partial charge in [0.15, 0.2) is 11.9 Å². The first-order valence-corrected chi connectivity index (χ1v) is 12.1. The fraction of sp³-hybridized carbons (Fsp3) is 0.520. The van der Waals surface area contributed by atoms with Crippen molar-refractivity contribution >= 4 is 30.0 Å². The number of carbonyl (C=O) groups is 2. The second kappa shape index (κ2) is 12.0. The number of halogens is 2. The monoisotopic (exact) mass is 503 g/mol. The molecule has 2 aliphatic rings. The summed E-state index contributed by atoms with van der Waals surface area (Å²) in [5, 5.41) is 13.1. The standard InChI is InChI=1S/C18H22F2N6O.C7H13NO/c1-12-10-22-26-16(21-2)7-15(24-17(12)26)23-13(11-27)5-4-6-25(3)14-8-18(19,20)9-14;1-6-3-2-4-7(6)8-5-9/h4-7,10-11,14,21H,8-9H2,1-3H3,(H,23,24);5-7H,2-4H2,1H3,(H,8,9)/b6-4-,13-5+;. The molecule has 0 bridgehead atoms. The summed E-state index contributed by atoms with van der Waals surface area (Å²) in [4.78, 5) is 27.6. The molecule has 0 aromatic carbocycles. The number of alkyl halides is 2. The quantitative estimate of drug-likeness (QED) is 0.272. The van der Waals surface area contributed by atoms with Gasteiger partial charge in [0.05, 0.1) is 11.9 Å². The van der Waals surface area contributed by atoms with Crippen LogP contribution in [0.5, 0.6) is 0 Å². The summed E-state index contributed by atoms with van der Waals surface area (Å²) in [5.41, 5.74) is 1.89. The lowest BCUT2D eigenvalue weighted by molar-refractivity contribution is -0.112. The Morgan fingerprint density at radius 2 is 2.03 bits per heavy atom. The van der Waals surface area contributed by atoms with E-state index in [1.807, 2.05) is 6.92 Å². The number of nitrogens with one attached hydrogen (secondary N) is 3. The lowest BCUT2D eigenvalue weighted by atomic mass is 9.87. The van der Waals surface area contributed by atoms with Crippen molar-refractivity contribution in [1.82, 2.24) is 24.8 Å². The Morgan fingerprint density at radius 3 is 2.61 bits per heavy atom. The van der Waals surface area contributed by atoms with Crippen molar-refractivity contribution in [1.29, 1.82) is 0 Å². The van der Waals surface area contributed by atoms with E-state index >= 15 is 0 Å². The predicted molar refractivity (Wildman–Crippen MR) is 136 cm³/mol. The average molecular weight is 504 g/mol. The molecule has 11 heteroatoms. The number of nitrogens with zero attached hydrogens (tertiary/aromatic N) is 4. The van der Waals surface area contributed by atoms with Crippen molar-refractivity contribution in [3.63, 3.8) is 0 Å². The second-order valence-corrected chi connectivity index (χ2v) is 9.43. The highest BCUT2D eigenvalue weighted by Crippen LogP contribution is 2.40. The van der Waals surface area contributed by atoms with E-state index in [2.05, 4.69) is 33.0 Å². The zero-order chi connectivity index (χ0) is 26.3. The predicted octanol–water partition coefficient (Wildman–Crippen LogP) is 3.74. The van der Waals surface area contributed by atoms with Gasteiger partial charge in [0.1, 0.15) is 11.6 Å². The molecule has 2 unspecified atom stereocenters. The first-order chi connectivity index (χ1) is 17.2. The Labute approximate surface area is 210 Å². The molecule has 196 valence electrons. The van der Waals surface area contributed by atoms with Crippen molar-refractivity contribution in [3.8, 4) is 0 Å². The van der Waals surface area contributed by atoms with Crippen LogP contribution in [0.15, 0.2) is 36.3 Å². The highest BCUT2D eigenvalue weighted by molar-refractivity contribution is 5.79. The maximum atomic E-state index is 12.9. The first-order valence-electron chi connectivity index (χ1n) is 12.1. The second-order valence-electron chi connectivity index (χ2n) is 9.43. The van der Waals surface area contributed by atoms with E-state index in [0.29, 0.717) is 35.4 Å². The first kappa shape index (κ1) is 27.1. The van der Waals surface area contributed by atoms with Crippen LogP contribution in [0.2, 0.25) is 0 Å². The number of rotatable bonds is 9. The molecule has 3 N–H and O–H groups in total. The molecule has 0 spiro atoms. The van der Waals surface area contributed by atoms with E-state index in [4.69, 9.17) is 0 Å². The van der Waals surface area contributed by atoms with Crippen LogP contribution in [-0.4, -0.2) is 64.3 Å². The molecule has 2 heterocycles. The van der Waals surface area contributed by atoms with Crippen molar-refractivity contribution in [2.24, 2.45) is 5.92 Å². The number of carbonyl (C=O) groups excluding carboxylic acids is 2. The zero-order valence-electron chi connectivity index (χ0n) is 21.2. The molecule has 4 rings (SSSR count). The summed E-state index contributed by atoms with van der Waals surface area (Å²) in [7, 11) is 3.52. The van der Waals surface area contributed by atoms with Gasteiger partial charge in [-0.15, -0.1) is 0 Å². The Hall–Kier alpha value is -3.50. The maximum absolute atomic E-state index is 12.9. The third-order valence-electron chi connectivity index (χ3n) is 6.69. The molecule has 0 aliphatic heterocycles. The van der Waals surface area contributed by atoms with E-state index in [0.717, 1.165) is 17.8 Å². The summed E-state index contributed by atoms with van der Waals surface area (Å²) >= 11 is 0. The summed E-state index contributed by atoms with van der Waals surface area (Å²) in [6.07, 6.45) is 11.5. The van der Waals surface area contributed by atoms with E-state index in [9.17, 15) is 18.4 Å². The van der Waals surface area contributed by atoms with Gasteiger partial charge in [0, 0.05) is 50.7 Å². The molecule has 2 aromatic rings. The maximum Gasteiger partial charge on any atom is 0.252 e. The van der Waals surface area contributed by atoms with Gasteiger partial charge in [-0.25, -0.2) is 13.8 Å². The van der Waals surface area contributed by atoms with Gasteiger partial charge in [0.2, 0.25) is 6.41 Å². The number of aldehydes is 1. The van der Waals surface area contributed by atoms with Crippen LogP contribution >= 0.6 is 0 Å². The van der Waals surface area contributed by atoms with E-state index in [1.165, 1.54) is 19.3 Å². The molecule has 2 atom stereocenters. The normalized spacial score (nSPS) is 21.4. The van der Waals surface area contributed by atoms with Crippen molar-refractivity contribution in [2.45, 2.75) is 64.0 Å². The van der Waals surface area contributed by atoms with Crippen LogP contribution in [0.1, 0.15) is 44.6 Å².